The molecule has 0 saturated carbocycles. The second-order valence-electron chi connectivity index (χ2n) is 5.14. The molecule has 1 radical (unpaired) electrons. The minimum Gasteiger partial charge on any atom is -0.497 e. The molecule has 0 aliphatic carbocycles. The summed E-state index contributed by atoms with van der Waals surface area (Å²) < 4.78 is 5.59. The van der Waals surface area contributed by atoms with Gasteiger partial charge in [-0.15, -0.1) is 0 Å². The molecule has 0 unspecified atom stereocenters. The van der Waals surface area contributed by atoms with Crippen molar-refractivity contribution in [2.75, 3.05) is 7.11 Å². The number of ether oxygens (including phenoxy) is 1. The van der Waals surface area contributed by atoms with E-state index >= 15 is 0 Å². The first-order valence-electron chi connectivity index (χ1n) is 5.36. The summed E-state index contributed by atoms with van der Waals surface area (Å²) in [4.78, 5) is 0. The molecule has 0 amide bonds. The Labute approximate surface area is 95.1 Å². The van der Waals surface area contributed by atoms with Crippen LogP contribution in [0.4, 0.5) is 0 Å². The molecule has 0 bridgehead atoms. The molecule has 0 saturated heterocycles. The topological polar surface area (TPSA) is 9.23 Å². The molecular weight excluding hydrogens is 200 g/mol. The van der Waals surface area contributed by atoms with Gasteiger partial charge in [0, 0.05) is 0 Å². The first-order valence-corrected chi connectivity index (χ1v) is 7.86. The highest BCUT2D eigenvalue weighted by Gasteiger charge is 2.21. The van der Waals surface area contributed by atoms with Crippen molar-refractivity contribution in [3.63, 3.8) is 0 Å². The van der Waals surface area contributed by atoms with Crippen molar-refractivity contribution in [2.24, 2.45) is 0 Å². The first-order chi connectivity index (χ1) is 6.88. The highest BCUT2D eigenvalue weighted by Crippen LogP contribution is 2.29. The molecule has 0 aromatic heterocycles. The van der Waals surface area contributed by atoms with Crippen LogP contribution in [0, 0.1) is 0 Å². The first kappa shape index (κ1) is 12.3. The summed E-state index contributed by atoms with van der Waals surface area (Å²) in [6.45, 7) is 11.3. The molecular formula is C13H21OSi. The van der Waals surface area contributed by atoms with E-state index in [4.69, 9.17) is 4.74 Å². The Morgan fingerprint density at radius 3 is 2.13 bits per heavy atom. The average molecular weight is 221 g/mol. The molecule has 0 fully saturated rings. The number of benzene rings is 1. The summed E-state index contributed by atoms with van der Waals surface area (Å²) in [5, 5.41) is 1.40. The van der Waals surface area contributed by atoms with E-state index in [1.54, 1.807) is 7.11 Å². The lowest BCUT2D eigenvalue weighted by Crippen LogP contribution is -2.27. The van der Waals surface area contributed by atoms with E-state index in [2.05, 4.69) is 52.1 Å². The Hall–Kier alpha value is -0.763. The number of rotatable bonds is 2. The molecule has 0 aliphatic rings. The van der Waals surface area contributed by atoms with E-state index in [9.17, 15) is 0 Å². The molecule has 0 spiro atoms. The zero-order valence-electron chi connectivity index (χ0n) is 10.6. The van der Waals surface area contributed by atoms with Crippen molar-refractivity contribution in [1.82, 2.24) is 0 Å². The van der Waals surface area contributed by atoms with E-state index in [1.165, 1.54) is 10.8 Å². The van der Waals surface area contributed by atoms with Gasteiger partial charge in [0.05, 0.1) is 15.9 Å². The molecule has 0 aliphatic heterocycles. The zero-order valence-corrected chi connectivity index (χ0v) is 11.6. The van der Waals surface area contributed by atoms with Crippen LogP contribution in [0.15, 0.2) is 18.2 Å². The van der Waals surface area contributed by atoms with Crippen molar-refractivity contribution in [3.8, 4) is 5.75 Å². The van der Waals surface area contributed by atoms with Gasteiger partial charge in [0.2, 0.25) is 0 Å². The third kappa shape index (κ3) is 2.62. The number of methoxy groups -OCH3 is 1. The van der Waals surface area contributed by atoms with Crippen LogP contribution in [0.3, 0.4) is 0 Å². The smallest absolute Gasteiger partial charge is 0.121 e. The van der Waals surface area contributed by atoms with E-state index in [1.807, 2.05) is 0 Å². The number of hydrogen-bond donors (Lipinski definition) is 0. The largest absolute Gasteiger partial charge is 0.497 e. The highest BCUT2D eigenvalue weighted by molar-refractivity contribution is 6.71. The molecule has 0 atom stereocenters. The van der Waals surface area contributed by atoms with Gasteiger partial charge in [0.15, 0.2) is 0 Å². The van der Waals surface area contributed by atoms with Gasteiger partial charge >= 0.3 is 0 Å². The van der Waals surface area contributed by atoms with Crippen LogP contribution < -0.4 is 9.92 Å². The maximum absolute atomic E-state index is 5.59. The standard InChI is InChI=1S/C13H21OSi/c1-13(2,3)10-8-7-9-11(15(5)6)12(10)14-4/h7-9H,1-6H3. The fraction of sp³-hybridized carbons (Fsp3) is 0.538. The fourth-order valence-corrected chi connectivity index (χ4v) is 2.86. The zero-order chi connectivity index (χ0) is 11.6. The quantitative estimate of drug-likeness (QED) is 0.698. The second kappa shape index (κ2) is 4.39. The summed E-state index contributed by atoms with van der Waals surface area (Å²) in [7, 11) is 1.32. The van der Waals surface area contributed by atoms with Crippen molar-refractivity contribution in [2.45, 2.75) is 39.3 Å². The van der Waals surface area contributed by atoms with E-state index < -0.39 is 8.80 Å². The van der Waals surface area contributed by atoms with E-state index in [0.717, 1.165) is 5.75 Å². The maximum Gasteiger partial charge on any atom is 0.121 e. The van der Waals surface area contributed by atoms with Crippen LogP contribution >= 0.6 is 0 Å². The number of hydrogen-bond acceptors (Lipinski definition) is 1. The molecule has 0 heterocycles. The average Bonchev–Trinajstić information content (AvgIpc) is 2.15. The van der Waals surface area contributed by atoms with Crippen LogP contribution in [0.25, 0.3) is 0 Å². The normalized spacial score (nSPS) is 11.9. The van der Waals surface area contributed by atoms with Gasteiger partial charge in [0.25, 0.3) is 0 Å². The van der Waals surface area contributed by atoms with Gasteiger partial charge in [-0.1, -0.05) is 52.1 Å². The van der Waals surface area contributed by atoms with Crippen LogP contribution in [-0.4, -0.2) is 15.9 Å². The second-order valence-corrected chi connectivity index (χ2v) is 7.68. The number of para-hydroxylation sites is 1. The fourth-order valence-electron chi connectivity index (χ4n) is 1.74. The molecule has 1 nitrogen and oxygen atoms in total. The summed E-state index contributed by atoms with van der Waals surface area (Å²) >= 11 is 0. The molecule has 1 aromatic rings. The minimum atomic E-state index is -0.461. The summed E-state index contributed by atoms with van der Waals surface area (Å²) in [6, 6.07) is 6.52. The molecule has 1 rings (SSSR count). The predicted molar refractivity (Wildman–Crippen MR) is 68.8 cm³/mol. The van der Waals surface area contributed by atoms with Crippen molar-refractivity contribution in [3.05, 3.63) is 23.8 Å². The Morgan fingerprint density at radius 2 is 1.73 bits per heavy atom. The van der Waals surface area contributed by atoms with Gasteiger partial charge < -0.3 is 4.74 Å². The highest BCUT2D eigenvalue weighted by atomic mass is 28.3. The van der Waals surface area contributed by atoms with Crippen molar-refractivity contribution >= 4 is 14.0 Å². The van der Waals surface area contributed by atoms with Crippen LogP contribution in [-0.2, 0) is 5.41 Å². The predicted octanol–water partition coefficient (Wildman–Crippen LogP) is 2.95. The van der Waals surface area contributed by atoms with E-state index in [0.29, 0.717) is 0 Å². The van der Waals surface area contributed by atoms with Crippen LogP contribution in [0.2, 0.25) is 13.1 Å². The lowest BCUT2D eigenvalue weighted by molar-refractivity contribution is 0.401. The maximum atomic E-state index is 5.59. The summed E-state index contributed by atoms with van der Waals surface area (Å²) in [5.74, 6) is 1.10. The molecule has 83 valence electrons. The third-order valence-electron chi connectivity index (χ3n) is 2.57. The molecule has 2 heteroatoms. The van der Waals surface area contributed by atoms with Crippen LogP contribution in [0.1, 0.15) is 26.3 Å². The Kier molecular flexibility index (Phi) is 3.61. The molecule has 15 heavy (non-hydrogen) atoms. The van der Waals surface area contributed by atoms with Gasteiger partial charge in [-0.2, -0.15) is 0 Å². The monoisotopic (exact) mass is 221 g/mol. The molecule has 1 aromatic carbocycles. The van der Waals surface area contributed by atoms with Gasteiger partial charge in [-0.25, -0.2) is 0 Å². The minimum absolute atomic E-state index is 0.151. The lowest BCUT2D eigenvalue weighted by atomic mass is 9.86. The summed E-state index contributed by atoms with van der Waals surface area (Å²) in [6.07, 6.45) is 0. The van der Waals surface area contributed by atoms with Gasteiger partial charge in [0.1, 0.15) is 5.75 Å². The van der Waals surface area contributed by atoms with Gasteiger partial charge in [-0.3, -0.25) is 0 Å². The molecule has 0 N–H and O–H groups in total. The van der Waals surface area contributed by atoms with E-state index in [-0.39, 0.29) is 5.41 Å². The van der Waals surface area contributed by atoms with Crippen molar-refractivity contribution < 1.29 is 4.74 Å². The summed E-state index contributed by atoms with van der Waals surface area (Å²) in [5.41, 5.74) is 1.47. The van der Waals surface area contributed by atoms with Crippen molar-refractivity contribution in [1.29, 1.82) is 0 Å². The Morgan fingerprint density at radius 1 is 1.13 bits per heavy atom. The Bertz CT molecular complexity index is 337. The Balaban J connectivity index is 3.35. The lowest BCUT2D eigenvalue weighted by Gasteiger charge is -2.24. The van der Waals surface area contributed by atoms with Gasteiger partial charge in [-0.05, 0) is 16.2 Å². The third-order valence-corrected chi connectivity index (χ3v) is 4.04. The van der Waals surface area contributed by atoms with Crippen LogP contribution in [0.5, 0.6) is 5.75 Å². The SMILES string of the molecule is COc1c([Si](C)C)cccc1C(C)(C)C.